The third-order valence-corrected chi connectivity index (χ3v) is 1.56. The van der Waals surface area contributed by atoms with Gasteiger partial charge in [-0.2, -0.15) is 4.98 Å². The van der Waals surface area contributed by atoms with E-state index in [-0.39, 0.29) is 0 Å². The molecule has 0 fully saturated rings. The molecular weight excluding hydrogens is 172 g/mol. The van der Waals surface area contributed by atoms with Crippen molar-refractivity contribution in [2.24, 2.45) is 0 Å². The first-order valence-corrected chi connectivity index (χ1v) is 4.16. The van der Waals surface area contributed by atoms with Gasteiger partial charge in [-0.05, 0) is 13.8 Å². The lowest BCUT2D eigenvalue weighted by atomic mass is 10.4. The molecule has 1 heterocycles. The fourth-order valence-corrected chi connectivity index (χ4v) is 0.953. The van der Waals surface area contributed by atoms with Crippen molar-refractivity contribution in [2.45, 2.75) is 13.8 Å². The molecule has 3 nitrogen and oxygen atoms in total. The van der Waals surface area contributed by atoms with E-state index in [2.05, 4.69) is 9.97 Å². The molecule has 0 amide bonds. The van der Waals surface area contributed by atoms with Crippen LogP contribution in [0.1, 0.15) is 18.3 Å². The molecule has 0 radical (unpaired) electrons. The van der Waals surface area contributed by atoms with Gasteiger partial charge in [0.05, 0.1) is 12.2 Å². The van der Waals surface area contributed by atoms with Crippen LogP contribution in [0.15, 0.2) is 6.20 Å². The van der Waals surface area contributed by atoms with Crippen LogP contribution in [0.4, 0.5) is 0 Å². The van der Waals surface area contributed by atoms with Crippen LogP contribution in [-0.4, -0.2) is 21.9 Å². The monoisotopic (exact) mass is 182 g/mol. The van der Waals surface area contributed by atoms with E-state index in [1.165, 1.54) is 5.37 Å². The topological polar surface area (TPSA) is 35.0 Å². The molecule has 1 aromatic rings. The Hall–Kier alpha value is -1.03. The summed E-state index contributed by atoms with van der Waals surface area (Å²) in [6, 6.07) is 0. The Morgan fingerprint density at radius 2 is 2.42 bits per heavy atom. The van der Waals surface area contributed by atoms with E-state index in [0.717, 1.165) is 5.56 Å². The van der Waals surface area contributed by atoms with Crippen LogP contribution in [0.25, 0.3) is 0 Å². The van der Waals surface area contributed by atoms with E-state index < -0.39 is 0 Å². The number of aryl methyl sites for hydroxylation is 1. The van der Waals surface area contributed by atoms with Gasteiger partial charge in [0.25, 0.3) is 0 Å². The first kappa shape index (κ1) is 9.06. The highest BCUT2D eigenvalue weighted by Crippen LogP contribution is 2.11. The third kappa shape index (κ3) is 1.98. The zero-order valence-electron chi connectivity index (χ0n) is 7.07. The largest absolute Gasteiger partial charge is 0.477 e. The first-order valence-electron chi connectivity index (χ1n) is 3.69. The second kappa shape index (κ2) is 4.11. The van der Waals surface area contributed by atoms with Crippen LogP contribution in [0, 0.1) is 6.92 Å². The smallest absolute Gasteiger partial charge is 0.224 e. The van der Waals surface area contributed by atoms with E-state index in [1.54, 1.807) is 6.20 Å². The van der Waals surface area contributed by atoms with Crippen LogP contribution in [0.5, 0.6) is 5.88 Å². The number of nitrogens with zero attached hydrogens (tertiary/aromatic N) is 2. The Morgan fingerprint density at radius 3 is 3.00 bits per heavy atom. The van der Waals surface area contributed by atoms with Crippen molar-refractivity contribution in [1.29, 1.82) is 0 Å². The molecule has 0 bridgehead atoms. The van der Waals surface area contributed by atoms with Gasteiger partial charge in [0.15, 0.2) is 0 Å². The molecule has 1 aromatic heterocycles. The van der Waals surface area contributed by atoms with E-state index in [9.17, 15) is 0 Å². The highest BCUT2D eigenvalue weighted by Gasteiger charge is 2.02. The van der Waals surface area contributed by atoms with Gasteiger partial charge in [-0.15, -0.1) is 0 Å². The molecule has 0 aliphatic carbocycles. The van der Waals surface area contributed by atoms with Gasteiger partial charge >= 0.3 is 0 Å². The zero-order valence-corrected chi connectivity index (χ0v) is 7.89. The number of rotatable bonds is 3. The molecule has 0 aliphatic heterocycles. The summed E-state index contributed by atoms with van der Waals surface area (Å²) in [5.74, 6) is 1.26. The maximum Gasteiger partial charge on any atom is 0.224 e. The number of aromatic nitrogens is 2. The number of thiocarbonyl (C=S) groups is 1. The quantitative estimate of drug-likeness (QED) is 0.664. The minimum atomic E-state index is 0.569. The van der Waals surface area contributed by atoms with Gasteiger partial charge in [0.1, 0.15) is 5.82 Å². The summed E-state index contributed by atoms with van der Waals surface area (Å²) in [4.78, 5) is 8.11. The summed E-state index contributed by atoms with van der Waals surface area (Å²) >= 11 is 4.78. The lowest BCUT2D eigenvalue weighted by Gasteiger charge is -2.04. The molecular formula is C8H10N2OS. The summed E-state index contributed by atoms with van der Waals surface area (Å²) < 4.78 is 5.26. The number of ether oxygens (including phenoxy) is 1. The van der Waals surface area contributed by atoms with Crippen LogP contribution in [-0.2, 0) is 0 Å². The fourth-order valence-electron chi connectivity index (χ4n) is 0.792. The molecule has 4 heteroatoms. The predicted octanol–water partition coefficient (Wildman–Crippen LogP) is 1.53. The van der Waals surface area contributed by atoms with Gasteiger partial charge in [-0.3, -0.25) is 0 Å². The third-order valence-electron chi connectivity index (χ3n) is 1.31. The van der Waals surface area contributed by atoms with Gasteiger partial charge in [-0.1, -0.05) is 12.2 Å². The van der Waals surface area contributed by atoms with Crippen molar-refractivity contribution >= 4 is 17.6 Å². The van der Waals surface area contributed by atoms with Crippen molar-refractivity contribution < 1.29 is 4.74 Å². The Morgan fingerprint density at radius 1 is 1.67 bits per heavy atom. The molecule has 0 spiro atoms. The van der Waals surface area contributed by atoms with Gasteiger partial charge in [-0.25, -0.2) is 4.98 Å². The van der Waals surface area contributed by atoms with Gasteiger partial charge < -0.3 is 4.74 Å². The summed E-state index contributed by atoms with van der Waals surface area (Å²) in [6.45, 7) is 4.31. The highest BCUT2D eigenvalue weighted by molar-refractivity contribution is 7.79. The van der Waals surface area contributed by atoms with E-state index >= 15 is 0 Å². The molecule has 1 rings (SSSR count). The lowest BCUT2D eigenvalue weighted by Crippen LogP contribution is -2.01. The van der Waals surface area contributed by atoms with E-state index in [0.29, 0.717) is 18.3 Å². The summed E-state index contributed by atoms with van der Waals surface area (Å²) in [7, 11) is 0. The Balaban J connectivity index is 3.03. The minimum absolute atomic E-state index is 0.569. The molecule has 0 aromatic carbocycles. The lowest BCUT2D eigenvalue weighted by molar-refractivity contribution is 0.325. The van der Waals surface area contributed by atoms with Crippen LogP contribution >= 0.6 is 12.2 Å². The van der Waals surface area contributed by atoms with Crippen molar-refractivity contribution in [2.75, 3.05) is 6.61 Å². The Labute approximate surface area is 76.8 Å². The van der Waals surface area contributed by atoms with E-state index in [4.69, 9.17) is 17.0 Å². The molecule has 0 aliphatic rings. The highest BCUT2D eigenvalue weighted by atomic mass is 32.1. The maximum atomic E-state index is 5.26. The molecule has 0 saturated carbocycles. The Bertz CT molecular complexity index is 288. The SMILES string of the molecule is CCOc1nc(C)ncc1C=S. The van der Waals surface area contributed by atoms with Crippen LogP contribution < -0.4 is 4.74 Å². The van der Waals surface area contributed by atoms with Crippen LogP contribution in [0.2, 0.25) is 0 Å². The average Bonchev–Trinajstić information content (AvgIpc) is 2.05. The first-order chi connectivity index (χ1) is 5.77. The summed E-state index contributed by atoms with van der Waals surface area (Å²) in [5.41, 5.74) is 0.762. The normalized spacial score (nSPS) is 9.50. The van der Waals surface area contributed by atoms with E-state index in [1.807, 2.05) is 13.8 Å². The van der Waals surface area contributed by atoms with Crippen molar-refractivity contribution in [3.8, 4) is 5.88 Å². The number of hydrogen-bond donors (Lipinski definition) is 0. The van der Waals surface area contributed by atoms with Gasteiger partial charge in [0.2, 0.25) is 5.88 Å². The summed E-state index contributed by atoms with van der Waals surface area (Å²) in [6.07, 6.45) is 1.67. The Kier molecular flexibility index (Phi) is 3.10. The summed E-state index contributed by atoms with van der Waals surface area (Å²) in [5, 5.41) is 1.52. The van der Waals surface area contributed by atoms with Crippen molar-refractivity contribution in [3.63, 3.8) is 0 Å². The second-order valence-electron chi connectivity index (χ2n) is 2.23. The standard InChI is InChI=1S/C8H10N2OS/c1-3-11-8-7(5-12)4-9-6(2)10-8/h4-5H,3H2,1-2H3. The molecule has 0 saturated heterocycles. The predicted molar refractivity (Wildman–Crippen MR) is 50.7 cm³/mol. The fraction of sp³-hybridized carbons (Fsp3) is 0.375. The second-order valence-corrected chi connectivity index (χ2v) is 2.46. The number of hydrogen-bond acceptors (Lipinski definition) is 4. The maximum absolute atomic E-state index is 5.26. The molecule has 0 N–H and O–H groups in total. The minimum Gasteiger partial charge on any atom is -0.477 e. The van der Waals surface area contributed by atoms with Crippen molar-refractivity contribution in [1.82, 2.24) is 9.97 Å². The van der Waals surface area contributed by atoms with Crippen molar-refractivity contribution in [3.05, 3.63) is 17.6 Å². The van der Waals surface area contributed by atoms with Crippen LogP contribution in [0.3, 0.4) is 0 Å². The molecule has 0 unspecified atom stereocenters. The molecule has 64 valence electrons. The average molecular weight is 182 g/mol. The molecule has 12 heavy (non-hydrogen) atoms. The molecule has 0 atom stereocenters. The zero-order chi connectivity index (χ0) is 8.97. The van der Waals surface area contributed by atoms with Gasteiger partial charge in [0, 0.05) is 11.6 Å².